The van der Waals surface area contributed by atoms with Gasteiger partial charge in [0.2, 0.25) is 10.0 Å². The molecule has 0 amide bonds. The molecule has 6 heteroatoms. The summed E-state index contributed by atoms with van der Waals surface area (Å²) in [6, 6.07) is 8.97. The van der Waals surface area contributed by atoms with Crippen molar-refractivity contribution in [3.8, 4) is 0 Å². The standard InChI is InChI=1S/C16H26N2O3S/c1-17(2)11-7-13-22(20,21)18-12-6-10-15(18)16(19)14-8-4-3-5-9-14/h3-5,8-9,15-16,19H,6-7,10-13H2,1-2H3. The molecule has 0 spiro atoms. The van der Waals surface area contributed by atoms with E-state index in [0.29, 0.717) is 19.4 Å². The number of nitrogens with zero attached hydrogens (tertiary/aromatic N) is 2. The minimum atomic E-state index is -3.31. The van der Waals surface area contributed by atoms with Crippen molar-refractivity contribution >= 4 is 10.0 Å². The summed E-state index contributed by atoms with van der Waals surface area (Å²) >= 11 is 0. The number of rotatable bonds is 7. The van der Waals surface area contributed by atoms with Crippen LogP contribution in [0.3, 0.4) is 0 Å². The van der Waals surface area contributed by atoms with Gasteiger partial charge in [-0.05, 0) is 45.5 Å². The van der Waals surface area contributed by atoms with Gasteiger partial charge in [0.05, 0.1) is 17.9 Å². The Morgan fingerprint density at radius 2 is 2.00 bits per heavy atom. The molecule has 1 aromatic rings. The predicted molar refractivity (Wildman–Crippen MR) is 88.1 cm³/mol. The summed E-state index contributed by atoms with van der Waals surface area (Å²) in [6.07, 6.45) is 1.37. The lowest BCUT2D eigenvalue weighted by Crippen LogP contribution is -2.40. The van der Waals surface area contributed by atoms with Gasteiger partial charge in [0, 0.05) is 6.54 Å². The van der Waals surface area contributed by atoms with Gasteiger partial charge < -0.3 is 10.0 Å². The Hall–Kier alpha value is -0.950. The van der Waals surface area contributed by atoms with Crippen molar-refractivity contribution in [2.75, 3.05) is 32.9 Å². The maximum absolute atomic E-state index is 12.6. The molecule has 2 rings (SSSR count). The summed E-state index contributed by atoms with van der Waals surface area (Å²) in [5.41, 5.74) is 0.780. The highest BCUT2D eigenvalue weighted by molar-refractivity contribution is 7.89. The minimum absolute atomic E-state index is 0.142. The third kappa shape index (κ3) is 4.29. The van der Waals surface area contributed by atoms with Crippen molar-refractivity contribution < 1.29 is 13.5 Å². The van der Waals surface area contributed by atoms with Crippen LogP contribution < -0.4 is 0 Å². The van der Waals surface area contributed by atoms with Crippen molar-refractivity contribution in [1.82, 2.24) is 9.21 Å². The fourth-order valence-corrected chi connectivity index (χ4v) is 4.75. The fourth-order valence-electron chi connectivity index (χ4n) is 2.98. The van der Waals surface area contributed by atoms with Crippen LogP contribution in [-0.4, -0.2) is 61.7 Å². The van der Waals surface area contributed by atoms with E-state index in [-0.39, 0.29) is 11.8 Å². The molecule has 124 valence electrons. The van der Waals surface area contributed by atoms with Crippen LogP contribution in [0, 0.1) is 0 Å². The predicted octanol–water partition coefficient (Wildman–Crippen LogP) is 1.47. The van der Waals surface area contributed by atoms with Crippen LogP contribution in [0.4, 0.5) is 0 Å². The number of benzene rings is 1. The molecule has 2 unspecified atom stereocenters. The van der Waals surface area contributed by atoms with Crippen molar-refractivity contribution in [1.29, 1.82) is 0 Å². The molecule has 0 saturated carbocycles. The van der Waals surface area contributed by atoms with Crippen LogP contribution in [0.2, 0.25) is 0 Å². The molecule has 0 aliphatic carbocycles. The summed E-state index contributed by atoms with van der Waals surface area (Å²) in [5, 5.41) is 10.6. The van der Waals surface area contributed by atoms with Crippen LogP contribution in [0.15, 0.2) is 30.3 Å². The smallest absolute Gasteiger partial charge is 0.214 e. The van der Waals surface area contributed by atoms with Gasteiger partial charge in [0.15, 0.2) is 0 Å². The molecule has 1 saturated heterocycles. The van der Waals surface area contributed by atoms with E-state index in [1.165, 1.54) is 4.31 Å². The highest BCUT2D eigenvalue weighted by Crippen LogP contribution is 2.31. The van der Waals surface area contributed by atoms with E-state index in [9.17, 15) is 13.5 Å². The van der Waals surface area contributed by atoms with E-state index in [4.69, 9.17) is 0 Å². The average Bonchev–Trinajstić information content (AvgIpc) is 2.97. The van der Waals surface area contributed by atoms with Crippen molar-refractivity contribution in [3.05, 3.63) is 35.9 Å². The first-order chi connectivity index (χ1) is 10.4. The molecular weight excluding hydrogens is 300 g/mol. The Kier molecular flexibility index (Phi) is 5.97. The van der Waals surface area contributed by atoms with Gasteiger partial charge in [-0.15, -0.1) is 0 Å². The second-order valence-electron chi connectivity index (χ2n) is 6.15. The van der Waals surface area contributed by atoms with Gasteiger partial charge >= 0.3 is 0 Å². The van der Waals surface area contributed by atoms with Crippen LogP contribution in [-0.2, 0) is 10.0 Å². The maximum atomic E-state index is 12.6. The highest BCUT2D eigenvalue weighted by atomic mass is 32.2. The summed E-state index contributed by atoms with van der Waals surface area (Å²) in [5.74, 6) is 0.142. The lowest BCUT2D eigenvalue weighted by molar-refractivity contribution is 0.107. The van der Waals surface area contributed by atoms with Crippen LogP contribution in [0.25, 0.3) is 0 Å². The monoisotopic (exact) mass is 326 g/mol. The number of sulfonamides is 1. The van der Waals surface area contributed by atoms with E-state index in [1.807, 2.05) is 49.3 Å². The van der Waals surface area contributed by atoms with Crippen molar-refractivity contribution in [2.24, 2.45) is 0 Å². The zero-order valence-corrected chi connectivity index (χ0v) is 14.2. The Labute approximate surface area is 133 Å². The lowest BCUT2D eigenvalue weighted by Gasteiger charge is -2.28. The van der Waals surface area contributed by atoms with E-state index in [0.717, 1.165) is 18.5 Å². The van der Waals surface area contributed by atoms with E-state index in [2.05, 4.69) is 0 Å². The largest absolute Gasteiger partial charge is 0.387 e. The van der Waals surface area contributed by atoms with Gasteiger partial charge in [-0.1, -0.05) is 30.3 Å². The molecule has 22 heavy (non-hydrogen) atoms. The molecule has 1 heterocycles. The quantitative estimate of drug-likeness (QED) is 0.824. The molecule has 1 aromatic carbocycles. The van der Waals surface area contributed by atoms with Gasteiger partial charge in [0.25, 0.3) is 0 Å². The second kappa shape index (κ2) is 7.55. The first-order valence-corrected chi connectivity index (χ1v) is 9.40. The van der Waals surface area contributed by atoms with E-state index < -0.39 is 16.1 Å². The van der Waals surface area contributed by atoms with E-state index >= 15 is 0 Å². The molecular formula is C16H26N2O3S. The van der Waals surface area contributed by atoms with Gasteiger partial charge in [0.1, 0.15) is 0 Å². The first kappa shape index (κ1) is 17.4. The third-order valence-electron chi connectivity index (χ3n) is 4.12. The van der Waals surface area contributed by atoms with Gasteiger partial charge in [-0.25, -0.2) is 8.42 Å². The summed E-state index contributed by atoms with van der Waals surface area (Å²) in [4.78, 5) is 1.98. The number of aliphatic hydroxyl groups excluding tert-OH is 1. The molecule has 0 radical (unpaired) electrons. The lowest BCUT2D eigenvalue weighted by atomic mass is 10.0. The number of hydrogen-bond donors (Lipinski definition) is 1. The minimum Gasteiger partial charge on any atom is -0.387 e. The summed E-state index contributed by atoms with van der Waals surface area (Å²) < 4.78 is 26.6. The summed E-state index contributed by atoms with van der Waals surface area (Å²) in [6.45, 7) is 1.26. The average molecular weight is 326 g/mol. The summed E-state index contributed by atoms with van der Waals surface area (Å²) in [7, 11) is 0.559. The molecule has 5 nitrogen and oxygen atoms in total. The Bertz CT molecular complexity index is 560. The Balaban J connectivity index is 2.06. The van der Waals surface area contributed by atoms with Crippen LogP contribution in [0.1, 0.15) is 30.9 Å². The fraction of sp³-hybridized carbons (Fsp3) is 0.625. The Morgan fingerprint density at radius 3 is 2.64 bits per heavy atom. The van der Waals surface area contributed by atoms with E-state index in [1.54, 1.807) is 0 Å². The van der Waals surface area contributed by atoms with Gasteiger partial charge in [-0.3, -0.25) is 0 Å². The normalized spacial score (nSPS) is 21.4. The topological polar surface area (TPSA) is 60.9 Å². The van der Waals surface area contributed by atoms with Crippen LogP contribution in [0.5, 0.6) is 0 Å². The second-order valence-corrected chi connectivity index (χ2v) is 8.19. The van der Waals surface area contributed by atoms with Crippen molar-refractivity contribution in [2.45, 2.75) is 31.4 Å². The molecule has 0 bridgehead atoms. The van der Waals surface area contributed by atoms with Crippen molar-refractivity contribution in [3.63, 3.8) is 0 Å². The van der Waals surface area contributed by atoms with Gasteiger partial charge in [-0.2, -0.15) is 4.31 Å². The molecule has 1 fully saturated rings. The zero-order valence-electron chi connectivity index (χ0n) is 13.4. The molecule has 1 aliphatic rings. The number of hydrogen-bond acceptors (Lipinski definition) is 4. The molecule has 1 aliphatic heterocycles. The molecule has 0 aromatic heterocycles. The SMILES string of the molecule is CN(C)CCCS(=O)(=O)N1CCCC1C(O)c1ccccc1. The Morgan fingerprint density at radius 1 is 1.32 bits per heavy atom. The zero-order chi connectivity index (χ0) is 16.2. The van der Waals surface area contributed by atoms with Crippen LogP contribution >= 0.6 is 0 Å². The highest BCUT2D eigenvalue weighted by Gasteiger charge is 2.38. The molecule has 2 atom stereocenters. The number of aliphatic hydroxyl groups is 1. The third-order valence-corrected chi connectivity index (χ3v) is 6.09. The molecule has 1 N–H and O–H groups in total. The maximum Gasteiger partial charge on any atom is 0.214 e. The first-order valence-electron chi connectivity index (χ1n) is 7.79.